The Bertz CT molecular complexity index is 602. The number of rotatable bonds is 5. The van der Waals surface area contributed by atoms with Crippen LogP contribution in [0.1, 0.15) is 16.7 Å². The van der Waals surface area contributed by atoms with Gasteiger partial charge in [0.1, 0.15) is 18.0 Å². The molecule has 20 heavy (non-hydrogen) atoms. The first kappa shape index (κ1) is 14.2. The molecular formula is C15H18FN3O. The number of methoxy groups -OCH3 is 1. The van der Waals surface area contributed by atoms with Gasteiger partial charge in [0, 0.05) is 6.54 Å². The molecule has 0 amide bonds. The lowest BCUT2D eigenvalue weighted by molar-refractivity contribution is 0.393. The number of aryl methyl sites for hydroxylation is 1. The molecular weight excluding hydrogens is 257 g/mol. The molecule has 0 bridgehead atoms. The number of aromatic nitrogens is 2. The van der Waals surface area contributed by atoms with Crippen molar-refractivity contribution in [2.24, 2.45) is 0 Å². The summed E-state index contributed by atoms with van der Waals surface area (Å²) in [6, 6.07) is 4.86. The topological polar surface area (TPSA) is 47.0 Å². The van der Waals surface area contributed by atoms with Gasteiger partial charge in [-0.2, -0.15) is 0 Å². The van der Waals surface area contributed by atoms with Gasteiger partial charge in [0.15, 0.2) is 0 Å². The molecule has 1 aromatic carbocycles. The first-order chi connectivity index (χ1) is 9.61. The SMILES string of the molecule is COc1ncnc(NCCc2ccc(F)cc2C)c1C. The molecule has 0 fully saturated rings. The number of nitrogens with one attached hydrogen (secondary N) is 1. The van der Waals surface area contributed by atoms with Crippen LogP contribution in [0.25, 0.3) is 0 Å². The Morgan fingerprint density at radius 3 is 2.75 bits per heavy atom. The highest BCUT2D eigenvalue weighted by Crippen LogP contribution is 2.19. The second kappa shape index (κ2) is 6.32. The van der Waals surface area contributed by atoms with Gasteiger partial charge in [-0.05, 0) is 43.5 Å². The number of benzene rings is 1. The Morgan fingerprint density at radius 1 is 1.25 bits per heavy atom. The second-order valence-corrected chi connectivity index (χ2v) is 4.60. The van der Waals surface area contributed by atoms with Gasteiger partial charge in [0.2, 0.25) is 5.88 Å². The van der Waals surface area contributed by atoms with Crippen molar-refractivity contribution in [2.75, 3.05) is 19.0 Å². The molecule has 0 atom stereocenters. The molecule has 0 unspecified atom stereocenters. The standard InChI is InChI=1S/C15H18FN3O/c1-10-8-13(16)5-4-12(10)6-7-17-14-11(2)15(20-3)19-9-18-14/h4-5,8-9H,6-7H2,1-3H3,(H,17,18,19). The third-order valence-corrected chi connectivity index (χ3v) is 3.22. The molecule has 2 aromatic rings. The van der Waals surface area contributed by atoms with E-state index in [1.165, 1.54) is 12.4 Å². The Labute approximate surface area is 118 Å². The zero-order valence-electron chi connectivity index (χ0n) is 11.9. The van der Waals surface area contributed by atoms with Crippen molar-refractivity contribution in [2.45, 2.75) is 20.3 Å². The van der Waals surface area contributed by atoms with Crippen molar-refractivity contribution in [3.8, 4) is 5.88 Å². The lowest BCUT2D eigenvalue weighted by Gasteiger charge is -2.11. The average Bonchev–Trinajstić information content (AvgIpc) is 2.43. The Morgan fingerprint density at radius 2 is 2.05 bits per heavy atom. The highest BCUT2D eigenvalue weighted by atomic mass is 19.1. The molecule has 1 heterocycles. The number of ether oxygens (including phenoxy) is 1. The van der Waals surface area contributed by atoms with E-state index in [-0.39, 0.29) is 5.82 Å². The minimum atomic E-state index is -0.199. The van der Waals surface area contributed by atoms with Crippen LogP contribution in [-0.4, -0.2) is 23.6 Å². The second-order valence-electron chi connectivity index (χ2n) is 4.60. The minimum absolute atomic E-state index is 0.199. The number of hydrogen-bond donors (Lipinski definition) is 1. The quantitative estimate of drug-likeness (QED) is 0.911. The van der Waals surface area contributed by atoms with E-state index < -0.39 is 0 Å². The van der Waals surface area contributed by atoms with Gasteiger partial charge in [-0.1, -0.05) is 6.07 Å². The summed E-state index contributed by atoms with van der Waals surface area (Å²) in [7, 11) is 1.58. The van der Waals surface area contributed by atoms with E-state index in [2.05, 4.69) is 15.3 Å². The van der Waals surface area contributed by atoms with Crippen LogP contribution in [0.2, 0.25) is 0 Å². The van der Waals surface area contributed by atoms with E-state index in [0.29, 0.717) is 12.4 Å². The van der Waals surface area contributed by atoms with Crippen LogP contribution in [0.5, 0.6) is 5.88 Å². The maximum absolute atomic E-state index is 13.0. The molecule has 0 aliphatic heterocycles. The zero-order valence-corrected chi connectivity index (χ0v) is 11.9. The molecule has 5 heteroatoms. The Kier molecular flexibility index (Phi) is 4.50. The third kappa shape index (κ3) is 3.23. The summed E-state index contributed by atoms with van der Waals surface area (Å²) in [6.07, 6.45) is 2.27. The summed E-state index contributed by atoms with van der Waals surface area (Å²) in [4.78, 5) is 8.22. The summed E-state index contributed by atoms with van der Waals surface area (Å²) < 4.78 is 18.2. The molecule has 0 aliphatic rings. The first-order valence-corrected chi connectivity index (χ1v) is 6.46. The van der Waals surface area contributed by atoms with Gasteiger partial charge in [-0.15, -0.1) is 0 Å². The molecule has 0 saturated carbocycles. The third-order valence-electron chi connectivity index (χ3n) is 3.22. The van der Waals surface area contributed by atoms with E-state index in [9.17, 15) is 4.39 Å². The van der Waals surface area contributed by atoms with E-state index in [4.69, 9.17) is 4.74 Å². The van der Waals surface area contributed by atoms with E-state index >= 15 is 0 Å². The van der Waals surface area contributed by atoms with E-state index in [0.717, 1.165) is 28.9 Å². The Hall–Kier alpha value is -2.17. The molecule has 1 N–H and O–H groups in total. The smallest absolute Gasteiger partial charge is 0.221 e. The van der Waals surface area contributed by atoms with E-state index in [1.807, 2.05) is 19.9 Å². The van der Waals surface area contributed by atoms with Gasteiger partial charge in [0.05, 0.1) is 12.7 Å². The van der Waals surface area contributed by atoms with Crippen LogP contribution >= 0.6 is 0 Å². The normalized spacial score (nSPS) is 10.4. The average molecular weight is 275 g/mol. The first-order valence-electron chi connectivity index (χ1n) is 6.46. The van der Waals surface area contributed by atoms with E-state index in [1.54, 1.807) is 13.2 Å². The minimum Gasteiger partial charge on any atom is -0.481 e. The molecule has 0 spiro atoms. The lowest BCUT2D eigenvalue weighted by atomic mass is 10.1. The fraction of sp³-hybridized carbons (Fsp3) is 0.333. The van der Waals surface area contributed by atoms with Crippen LogP contribution < -0.4 is 10.1 Å². The maximum Gasteiger partial charge on any atom is 0.221 e. The van der Waals surface area contributed by atoms with Gasteiger partial charge in [0.25, 0.3) is 0 Å². The summed E-state index contributed by atoms with van der Waals surface area (Å²) in [5.74, 6) is 1.13. The molecule has 4 nitrogen and oxygen atoms in total. The highest BCUT2D eigenvalue weighted by Gasteiger charge is 2.07. The van der Waals surface area contributed by atoms with Crippen molar-refractivity contribution in [1.82, 2.24) is 9.97 Å². The maximum atomic E-state index is 13.0. The highest BCUT2D eigenvalue weighted by molar-refractivity contribution is 5.47. The lowest BCUT2D eigenvalue weighted by Crippen LogP contribution is -2.09. The van der Waals surface area contributed by atoms with Crippen LogP contribution in [-0.2, 0) is 6.42 Å². The van der Waals surface area contributed by atoms with Crippen LogP contribution in [0.4, 0.5) is 10.2 Å². The molecule has 1 aromatic heterocycles. The summed E-state index contributed by atoms with van der Waals surface area (Å²) in [5.41, 5.74) is 2.96. The van der Waals surface area contributed by atoms with Gasteiger partial charge >= 0.3 is 0 Å². The summed E-state index contributed by atoms with van der Waals surface area (Å²) in [5, 5.41) is 3.25. The van der Waals surface area contributed by atoms with Crippen molar-refractivity contribution >= 4 is 5.82 Å². The number of hydrogen-bond acceptors (Lipinski definition) is 4. The van der Waals surface area contributed by atoms with Crippen LogP contribution in [0, 0.1) is 19.7 Å². The molecule has 106 valence electrons. The summed E-state index contributed by atoms with van der Waals surface area (Å²) in [6.45, 7) is 4.54. The molecule has 0 saturated heterocycles. The number of nitrogens with zero attached hydrogens (tertiary/aromatic N) is 2. The van der Waals surface area contributed by atoms with Crippen molar-refractivity contribution in [3.63, 3.8) is 0 Å². The van der Waals surface area contributed by atoms with Crippen LogP contribution in [0.3, 0.4) is 0 Å². The monoisotopic (exact) mass is 275 g/mol. The van der Waals surface area contributed by atoms with Gasteiger partial charge < -0.3 is 10.1 Å². The number of anilines is 1. The number of halogens is 1. The molecule has 0 aliphatic carbocycles. The zero-order chi connectivity index (χ0) is 14.5. The largest absolute Gasteiger partial charge is 0.481 e. The Balaban J connectivity index is 1.99. The van der Waals surface area contributed by atoms with Crippen molar-refractivity contribution in [1.29, 1.82) is 0 Å². The fourth-order valence-corrected chi connectivity index (χ4v) is 2.07. The molecule has 2 rings (SSSR count). The molecule has 0 radical (unpaired) electrons. The van der Waals surface area contributed by atoms with Gasteiger partial charge in [-0.3, -0.25) is 0 Å². The fourth-order valence-electron chi connectivity index (χ4n) is 2.07. The summed E-state index contributed by atoms with van der Waals surface area (Å²) >= 11 is 0. The predicted molar refractivity (Wildman–Crippen MR) is 76.7 cm³/mol. The van der Waals surface area contributed by atoms with Gasteiger partial charge in [-0.25, -0.2) is 14.4 Å². The van der Waals surface area contributed by atoms with Crippen LogP contribution in [0.15, 0.2) is 24.5 Å². The van der Waals surface area contributed by atoms with Crippen molar-refractivity contribution in [3.05, 3.63) is 47.0 Å². The predicted octanol–water partition coefficient (Wildman–Crippen LogP) is 2.90. The van der Waals surface area contributed by atoms with Crippen molar-refractivity contribution < 1.29 is 9.13 Å².